The fourth-order valence-electron chi connectivity index (χ4n) is 3.01. The molecule has 6 nitrogen and oxygen atoms in total. The normalized spacial score (nSPS) is 13.8. The van der Waals surface area contributed by atoms with Gasteiger partial charge in [0.1, 0.15) is 0 Å². The van der Waals surface area contributed by atoms with Crippen molar-refractivity contribution < 1.29 is 14.2 Å². The molecule has 0 amide bonds. The Hall–Kier alpha value is -2.05. The van der Waals surface area contributed by atoms with E-state index in [1.54, 1.807) is 0 Å². The highest BCUT2D eigenvalue weighted by Gasteiger charge is 2.15. The second-order valence-corrected chi connectivity index (χ2v) is 7.36. The van der Waals surface area contributed by atoms with E-state index in [-0.39, 0.29) is 0 Å². The van der Waals surface area contributed by atoms with Crippen molar-refractivity contribution >= 4 is 0 Å². The highest BCUT2D eigenvalue weighted by molar-refractivity contribution is 5.66. The minimum absolute atomic E-state index is 0.684. The Bertz CT molecular complexity index is 727. The number of rotatable bonds is 9. The molecule has 0 fully saturated rings. The van der Waals surface area contributed by atoms with E-state index >= 15 is 0 Å². The average Bonchev–Trinajstić information content (AvgIpc) is 2.86. The van der Waals surface area contributed by atoms with Gasteiger partial charge in [0.25, 0.3) is 0 Å². The third-order valence-electron chi connectivity index (χ3n) is 4.50. The van der Waals surface area contributed by atoms with E-state index in [9.17, 15) is 0 Å². The number of benzene rings is 1. The van der Waals surface area contributed by atoms with Crippen LogP contribution < -0.4 is 14.8 Å². The van der Waals surface area contributed by atoms with Crippen molar-refractivity contribution in [2.75, 3.05) is 33.0 Å². The number of hydrogen-bond acceptors (Lipinski definition) is 5. The van der Waals surface area contributed by atoms with E-state index in [4.69, 9.17) is 14.2 Å². The van der Waals surface area contributed by atoms with Crippen LogP contribution in [0.2, 0.25) is 0 Å². The van der Waals surface area contributed by atoms with E-state index in [0.29, 0.717) is 19.1 Å². The zero-order valence-electron chi connectivity index (χ0n) is 16.7. The van der Waals surface area contributed by atoms with E-state index in [1.165, 1.54) is 0 Å². The topological polar surface area (TPSA) is 57.5 Å². The summed E-state index contributed by atoms with van der Waals surface area (Å²) in [5.41, 5.74) is 3.18. The predicted octanol–water partition coefficient (Wildman–Crippen LogP) is 3.40. The smallest absolute Gasteiger partial charge is 0.161 e. The minimum atomic E-state index is 0.684. The molecule has 148 valence electrons. The molecule has 1 aromatic heterocycles. The third-order valence-corrected chi connectivity index (χ3v) is 4.50. The highest BCUT2D eigenvalue weighted by atomic mass is 16.5. The molecular formula is C21H31N3O3. The summed E-state index contributed by atoms with van der Waals surface area (Å²) >= 11 is 0. The maximum Gasteiger partial charge on any atom is 0.161 e. The van der Waals surface area contributed by atoms with Crippen molar-refractivity contribution in [1.29, 1.82) is 0 Å². The SMILES string of the molecule is CC(C)CCOCCNCc1cn(C)nc1-c1ccc2c(c1)OCCCO2. The minimum Gasteiger partial charge on any atom is -0.490 e. The van der Waals surface area contributed by atoms with Crippen molar-refractivity contribution in [3.05, 3.63) is 30.0 Å². The largest absolute Gasteiger partial charge is 0.490 e. The first-order valence-electron chi connectivity index (χ1n) is 9.84. The molecule has 0 saturated carbocycles. The van der Waals surface area contributed by atoms with Gasteiger partial charge in [-0.3, -0.25) is 4.68 Å². The summed E-state index contributed by atoms with van der Waals surface area (Å²) in [6.07, 6.45) is 4.07. The molecule has 0 radical (unpaired) electrons. The summed E-state index contributed by atoms with van der Waals surface area (Å²) in [7, 11) is 1.95. The van der Waals surface area contributed by atoms with Gasteiger partial charge < -0.3 is 19.5 Å². The summed E-state index contributed by atoms with van der Waals surface area (Å²) in [6, 6.07) is 6.06. The number of nitrogens with zero attached hydrogens (tertiary/aromatic N) is 2. The van der Waals surface area contributed by atoms with Crippen LogP contribution in [0, 0.1) is 5.92 Å². The lowest BCUT2D eigenvalue weighted by atomic mass is 10.1. The van der Waals surface area contributed by atoms with Crippen molar-refractivity contribution in [2.24, 2.45) is 13.0 Å². The van der Waals surface area contributed by atoms with Crippen LogP contribution in [0.4, 0.5) is 0 Å². The molecular weight excluding hydrogens is 342 g/mol. The molecule has 0 bridgehead atoms. The molecule has 1 aliphatic heterocycles. The van der Waals surface area contributed by atoms with Gasteiger partial charge in [-0.15, -0.1) is 0 Å². The van der Waals surface area contributed by atoms with E-state index in [1.807, 2.05) is 29.9 Å². The second kappa shape index (κ2) is 9.76. The highest BCUT2D eigenvalue weighted by Crippen LogP contribution is 2.34. The van der Waals surface area contributed by atoms with Gasteiger partial charge in [-0.2, -0.15) is 5.10 Å². The molecule has 0 saturated heterocycles. The van der Waals surface area contributed by atoms with Crippen molar-refractivity contribution in [3.8, 4) is 22.8 Å². The molecule has 1 aliphatic rings. The van der Waals surface area contributed by atoms with Crippen LogP contribution in [0.3, 0.4) is 0 Å². The molecule has 1 N–H and O–H groups in total. The lowest BCUT2D eigenvalue weighted by molar-refractivity contribution is 0.125. The number of fused-ring (bicyclic) bond motifs is 1. The van der Waals surface area contributed by atoms with Gasteiger partial charge in [0.2, 0.25) is 0 Å². The Labute approximate surface area is 161 Å². The summed E-state index contributed by atoms with van der Waals surface area (Å²) in [4.78, 5) is 0. The Morgan fingerprint density at radius 2 is 2.00 bits per heavy atom. The summed E-state index contributed by atoms with van der Waals surface area (Å²) in [5, 5.41) is 8.10. The van der Waals surface area contributed by atoms with Gasteiger partial charge in [0.15, 0.2) is 11.5 Å². The Morgan fingerprint density at radius 3 is 2.81 bits per heavy atom. The van der Waals surface area contributed by atoms with Crippen LogP contribution in [0.15, 0.2) is 24.4 Å². The Morgan fingerprint density at radius 1 is 1.19 bits per heavy atom. The van der Waals surface area contributed by atoms with Gasteiger partial charge in [-0.1, -0.05) is 13.8 Å². The Kier molecular flexibility index (Phi) is 7.12. The standard InChI is InChI=1S/C21H31N3O3/c1-16(2)7-11-25-12-8-22-14-18-15-24(3)23-21(18)17-5-6-19-20(13-17)27-10-4-9-26-19/h5-6,13,15-16,22H,4,7-12,14H2,1-3H3. The molecule has 0 spiro atoms. The van der Waals surface area contributed by atoms with E-state index in [2.05, 4.69) is 30.5 Å². The lowest BCUT2D eigenvalue weighted by Crippen LogP contribution is -2.19. The van der Waals surface area contributed by atoms with Crippen LogP contribution in [0.1, 0.15) is 32.3 Å². The van der Waals surface area contributed by atoms with Gasteiger partial charge >= 0.3 is 0 Å². The Balaban J connectivity index is 1.58. The molecule has 0 atom stereocenters. The van der Waals surface area contributed by atoms with E-state index < -0.39 is 0 Å². The molecule has 2 aromatic rings. The number of aromatic nitrogens is 2. The van der Waals surface area contributed by atoms with Gasteiger partial charge in [0, 0.05) is 50.5 Å². The summed E-state index contributed by atoms with van der Waals surface area (Å²) in [5.74, 6) is 2.30. The number of ether oxygens (including phenoxy) is 3. The van der Waals surface area contributed by atoms with Crippen molar-refractivity contribution in [3.63, 3.8) is 0 Å². The van der Waals surface area contributed by atoms with Crippen LogP contribution in [0.5, 0.6) is 11.5 Å². The first-order chi connectivity index (χ1) is 13.1. The van der Waals surface area contributed by atoms with Crippen LogP contribution >= 0.6 is 0 Å². The van der Waals surface area contributed by atoms with Crippen molar-refractivity contribution in [1.82, 2.24) is 15.1 Å². The average molecular weight is 373 g/mol. The number of hydrogen-bond donors (Lipinski definition) is 1. The van der Waals surface area contributed by atoms with Crippen LogP contribution in [-0.4, -0.2) is 42.8 Å². The quantitative estimate of drug-likeness (QED) is 0.683. The molecule has 0 aliphatic carbocycles. The first kappa shape index (κ1) is 19.7. The summed E-state index contributed by atoms with van der Waals surface area (Å²) in [6.45, 7) is 8.95. The fraction of sp³-hybridized carbons (Fsp3) is 0.571. The lowest BCUT2D eigenvalue weighted by Gasteiger charge is -2.10. The molecule has 1 aromatic carbocycles. The predicted molar refractivity (Wildman–Crippen MR) is 106 cm³/mol. The molecule has 6 heteroatoms. The van der Waals surface area contributed by atoms with Gasteiger partial charge in [-0.25, -0.2) is 0 Å². The van der Waals surface area contributed by atoms with Gasteiger partial charge in [-0.05, 0) is 30.5 Å². The van der Waals surface area contributed by atoms with Gasteiger partial charge in [0.05, 0.1) is 25.5 Å². The number of aryl methyl sites for hydroxylation is 1. The first-order valence-corrected chi connectivity index (χ1v) is 9.84. The zero-order chi connectivity index (χ0) is 19.1. The molecule has 0 unspecified atom stereocenters. The zero-order valence-corrected chi connectivity index (χ0v) is 16.7. The van der Waals surface area contributed by atoms with Crippen LogP contribution in [0.25, 0.3) is 11.3 Å². The van der Waals surface area contributed by atoms with Crippen LogP contribution in [-0.2, 0) is 18.3 Å². The maximum atomic E-state index is 5.82. The van der Waals surface area contributed by atoms with E-state index in [0.717, 1.165) is 67.5 Å². The fourth-order valence-corrected chi connectivity index (χ4v) is 3.01. The second-order valence-electron chi connectivity index (χ2n) is 7.36. The molecule has 2 heterocycles. The number of nitrogens with one attached hydrogen (secondary N) is 1. The third kappa shape index (κ3) is 5.71. The molecule has 3 rings (SSSR count). The molecule has 27 heavy (non-hydrogen) atoms. The summed E-state index contributed by atoms with van der Waals surface area (Å²) < 4.78 is 19.1. The van der Waals surface area contributed by atoms with Crippen molar-refractivity contribution in [2.45, 2.75) is 33.2 Å². The monoisotopic (exact) mass is 373 g/mol. The maximum absolute atomic E-state index is 5.82.